The van der Waals surface area contributed by atoms with E-state index in [0.29, 0.717) is 18.6 Å². The predicted molar refractivity (Wildman–Crippen MR) is 78.4 cm³/mol. The zero-order chi connectivity index (χ0) is 14.7. The summed E-state index contributed by atoms with van der Waals surface area (Å²) in [6.07, 6.45) is 2.10. The summed E-state index contributed by atoms with van der Waals surface area (Å²) in [5.41, 5.74) is 6.47. The number of carbonyl (C=O) groups is 1. The molecule has 0 aliphatic carbocycles. The fourth-order valence-corrected chi connectivity index (χ4v) is 3.00. The van der Waals surface area contributed by atoms with Crippen molar-refractivity contribution in [2.45, 2.75) is 45.7 Å². The van der Waals surface area contributed by atoms with E-state index in [1.54, 1.807) is 0 Å². The minimum Gasteiger partial charge on any atom is -0.466 e. The van der Waals surface area contributed by atoms with Gasteiger partial charge in [-0.15, -0.1) is 0 Å². The molecule has 5 nitrogen and oxygen atoms in total. The van der Waals surface area contributed by atoms with E-state index in [-0.39, 0.29) is 5.91 Å². The lowest BCUT2D eigenvalue weighted by atomic mass is 10.0. The number of aryl methyl sites for hydroxylation is 2. The summed E-state index contributed by atoms with van der Waals surface area (Å²) in [5.74, 6) is 1.71. The van der Waals surface area contributed by atoms with E-state index in [2.05, 4.69) is 23.2 Å². The van der Waals surface area contributed by atoms with Gasteiger partial charge in [0.2, 0.25) is 5.91 Å². The van der Waals surface area contributed by atoms with Crippen LogP contribution in [0.3, 0.4) is 0 Å². The van der Waals surface area contributed by atoms with E-state index in [0.717, 1.165) is 37.5 Å². The average Bonchev–Trinajstić information content (AvgIpc) is 2.70. The number of nitrogens with zero attached hydrogens (tertiary/aromatic N) is 1. The second-order valence-electron chi connectivity index (χ2n) is 5.77. The molecule has 1 saturated heterocycles. The first-order chi connectivity index (χ1) is 9.45. The molecule has 0 radical (unpaired) electrons. The van der Waals surface area contributed by atoms with Gasteiger partial charge in [-0.1, -0.05) is 0 Å². The van der Waals surface area contributed by atoms with Gasteiger partial charge in [0.15, 0.2) is 0 Å². The molecule has 1 aliphatic heterocycles. The molecule has 2 rings (SSSR count). The van der Waals surface area contributed by atoms with Gasteiger partial charge in [-0.25, -0.2) is 0 Å². The van der Waals surface area contributed by atoms with Crippen LogP contribution in [-0.4, -0.2) is 36.5 Å². The number of hydrogen-bond acceptors (Lipinski definition) is 4. The van der Waals surface area contributed by atoms with Crippen LogP contribution in [0.25, 0.3) is 0 Å². The Balaban J connectivity index is 1.83. The van der Waals surface area contributed by atoms with Gasteiger partial charge in [0.25, 0.3) is 0 Å². The van der Waals surface area contributed by atoms with Crippen molar-refractivity contribution < 1.29 is 9.21 Å². The van der Waals surface area contributed by atoms with Gasteiger partial charge in [0.1, 0.15) is 11.5 Å². The first kappa shape index (κ1) is 15.1. The molecule has 1 aliphatic rings. The first-order valence-corrected chi connectivity index (χ1v) is 7.29. The number of furan rings is 1. The maximum Gasteiger partial charge on any atom is 0.231 e. The molecule has 1 fully saturated rings. The lowest BCUT2D eigenvalue weighted by Crippen LogP contribution is -2.45. The minimum atomic E-state index is -0.241. The number of likely N-dealkylation sites (tertiary alicyclic amines) is 1. The fourth-order valence-electron chi connectivity index (χ4n) is 3.00. The van der Waals surface area contributed by atoms with Crippen LogP contribution in [0.1, 0.15) is 42.9 Å². The lowest BCUT2D eigenvalue weighted by molar-refractivity contribution is -0.119. The summed E-state index contributed by atoms with van der Waals surface area (Å²) >= 11 is 0. The number of hydrogen-bond donors (Lipinski definition) is 2. The van der Waals surface area contributed by atoms with Crippen molar-refractivity contribution in [3.63, 3.8) is 0 Å². The number of carbonyl (C=O) groups excluding carboxylic acids is 1. The Morgan fingerprint density at radius 1 is 1.50 bits per heavy atom. The summed E-state index contributed by atoms with van der Waals surface area (Å²) in [6.45, 7) is 8.39. The fraction of sp³-hybridized carbons (Fsp3) is 0.667. The molecular weight excluding hydrogens is 254 g/mol. The van der Waals surface area contributed by atoms with Crippen LogP contribution >= 0.6 is 0 Å². The van der Waals surface area contributed by atoms with Crippen molar-refractivity contribution in [2.75, 3.05) is 19.6 Å². The normalized spacial score (nSPS) is 19.1. The molecule has 0 saturated carbocycles. The van der Waals surface area contributed by atoms with E-state index in [9.17, 15) is 4.79 Å². The monoisotopic (exact) mass is 279 g/mol. The van der Waals surface area contributed by atoms with Gasteiger partial charge in [0.05, 0.1) is 6.54 Å². The van der Waals surface area contributed by atoms with E-state index >= 15 is 0 Å². The Kier molecular flexibility index (Phi) is 4.83. The van der Waals surface area contributed by atoms with Crippen molar-refractivity contribution in [1.82, 2.24) is 10.2 Å². The molecule has 1 aromatic heterocycles. The van der Waals surface area contributed by atoms with Crippen molar-refractivity contribution in [3.8, 4) is 0 Å². The molecule has 0 spiro atoms. The van der Waals surface area contributed by atoms with Crippen LogP contribution in [-0.2, 0) is 4.79 Å². The van der Waals surface area contributed by atoms with Crippen LogP contribution in [0, 0.1) is 13.8 Å². The molecule has 1 atom stereocenters. The quantitative estimate of drug-likeness (QED) is 0.857. The van der Waals surface area contributed by atoms with Crippen molar-refractivity contribution in [1.29, 1.82) is 0 Å². The first-order valence-electron chi connectivity index (χ1n) is 7.29. The molecule has 1 amide bonds. The van der Waals surface area contributed by atoms with E-state index in [1.807, 2.05) is 13.8 Å². The Bertz CT molecular complexity index is 462. The summed E-state index contributed by atoms with van der Waals surface area (Å²) in [6, 6.07) is 2.89. The van der Waals surface area contributed by atoms with E-state index < -0.39 is 0 Å². The van der Waals surface area contributed by atoms with Gasteiger partial charge in [-0.3, -0.25) is 9.69 Å². The average molecular weight is 279 g/mol. The highest BCUT2D eigenvalue weighted by Crippen LogP contribution is 2.23. The van der Waals surface area contributed by atoms with Crippen LogP contribution in [0.4, 0.5) is 0 Å². The van der Waals surface area contributed by atoms with Crippen LogP contribution in [0.5, 0.6) is 0 Å². The van der Waals surface area contributed by atoms with Gasteiger partial charge in [-0.05, 0) is 39.7 Å². The van der Waals surface area contributed by atoms with E-state index in [1.165, 1.54) is 5.56 Å². The number of rotatable bonds is 5. The molecule has 1 aromatic rings. The van der Waals surface area contributed by atoms with Crippen molar-refractivity contribution in [2.24, 2.45) is 5.73 Å². The third-order valence-corrected chi connectivity index (χ3v) is 4.00. The van der Waals surface area contributed by atoms with Gasteiger partial charge in [0, 0.05) is 30.7 Å². The maximum absolute atomic E-state index is 10.9. The van der Waals surface area contributed by atoms with Gasteiger partial charge < -0.3 is 15.5 Å². The van der Waals surface area contributed by atoms with Crippen LogP contribution < -0.4 is 11.1 Å². The SMILES string of the molecule is Cc1cc(C(C)NC2CCN(CC(N)=O)CC2)c(C)o1. The molecule has 5 heteroatoms. The van der Waals surface area contributed by atoms with Gasteiger partial charge >= 0.3 is 0 Å². The number of primary amides is 1. The Morgan fingerprint density at radius 2 is 2.15 bits per heavy atom. The second kappa shape index (κ2) is 6.41. The summed E-state index contributed by atoms with van der Waals surface area (Å²) in [5, 5.41) is 3.66. The largest absolute Gasteiger partial charge is 0.466 e. The topological polar surface area (TPSA) is 71.5 Å². The lowest BCUT2D eigenvalue weighted by Gasteiger charge is -2.33. The zero-order valence-corrected chi connectivity index (χ0v) is 12.6. The molecule has 1 unspecified atom stereocenters. The number of nitrogens with one attached hydrogen (secondary N) is 1. The van der Waals surface area contributed by atoms with Crippen LogP contribution in [0.2, 0.25) is 0 Å². The molecule has 2 heterocycles. The van der Waals surface area contributed by atoms with Crippen LogP contribution in [0.15, 0.2) is 10.5 Å². The molecule has 3 N–H and O–H groups in total. The summed E-state index contributed by atoms with van der Waals surface area (Å²) in [7, 11) is 0. The van der Waals surface area contributed by atoms with Crippen molar-refractivity contribution in [3.05, 3.63) is 23.2 Å². The number of nitrogens with two attached hydrogens (primary N) is 1. The molecule has 20 heavy (non-hydrogen) atoms. The standard InChI is InChI=1S/C15H25N3O2/c1-10-8-14(12(3)20-10)11(2)17-13-4-6-18(7-5-13)9-15(16)19/h8,11,13,17H,4-7,9H2,1-3H3,(H2,16,19). The third-order valence-electron chi connectivity index (χ3n) is 4.00. The summed E-state index contributed by atoms with van der Waals surface area (Å²) in [4.78, 5) is 13.0. The smallest absolute Gasteiger partial charge is 0.231 e. The Labute approximate surface area is 120 Å². The molecule has 0 aromatic carbocycles. The zero-order valence-electron chi connectivity index (χ0n) is 12.6. The Morgan fingerprint density at radius 3 is 2.65 bits per heavy atom. The highest BCUT2D eigenvalue weighted by atomic mass is 16.3. The summed E-state index contributed by atoms with van der Waals surface area (Å²) < 4.78 is 5.59. The Hall–Kier alpha value is -1.33. The van der Waals surface area contributed by atoms with Gasteiger partial charge in [-0.2, -0.15) is 0 Å². The maximum atomic E-state index is 10.9. The van der Waals surface area contributed by atoms with E-state index in [4.69, 9.17) is 10.2 Å². The molecular formula is C15H25N3O2. The second-order valence-corrected chi connectivity index (χ2v) is 5.77. The molecule has 112 valence electrons. The highest BCUT2D eigenvalue weighted by molar-refractivity contribution is 5.75. The predicted octanol–water partition coefficient (Wildman–Crippen LogP) is 1.50. The molecule has 0 bridgehead atoms. The third kappa shape index (κ3) is 3.84. The number of amides is 1. The highest BCUT2D eigenvalue weighted by Gasteiger charge is 2.22. The minimum absolute atomic E-state index is 0.241. The number of piperidine rings is 1. The van der Waals surface area contributed by atoms with Crippen molar-refractivity contribution >= 4 is 5.91 Å².